The topological polar surface area (TPSA) is 46.5 Å². The van der Waals surface area contributed by atoms with Gasteiger partial charge in [0.2, 0.25) is 0 Å². The molecule has 1 saturated heterocycles. The van der Waals surface area contributed by atoms with Crippen molar-refractivity contribution < 1.29 is 14.6 Å². The first-order valence-corrected chi connectivity index (χ1v) is 13.3. The summed E-state index contributed by atoms with van der Waals surface area (Å²) in [7, 11) is 0. The first-order valence-electron chi connectivity index (χ1n) is 13.3. The third-order valence-electron chi connectivity index (χ3n) is 6.38. The lowest BCUT2D eigenvalue weighted by Crippen LogP contribution is -2.49. The van der Waals surface area contributed by atoms with E-state index in [2.05, 4.69) is 38.2 Å². The molecule has 180 valence electrons. The summed E-state index contributed by atoms with van der Waals surface area (Å²) in [6.07, 6.45) is 29.9. The third-order valence-corrected chi connectivity index (χ3v) is 6.38. The summed E-state index contributed by atoms with van der Waals surface area (Å²) in [4.78, 5) is 11.4. The molecule has 2 atom stereocenters. The second-order valence-corrected chi connectivity index (χ2v) is 9.52. The van der Waals surface area contributed by atoms with Crippen molar-refractivity contribution in [3.63, 3.8) is 0 Å². The molecule has 0 radical (unpaired) electrons. The molecule has 3 nitrogen and oxygen atoms in total. The van der Waals surface area contributed by atoms with Crippen LogP contribution in [0.4, 0.5) is 0 Å². The predicted octanol–water partition coefficient (Wildman–Crippen LogP) is 8.21. The molecule has 0 spiro atoms. The van der Waals surface area contributed by atoms with Crippen LogP contribution in [0.25, 0.3) is 0 Å². The summed E-state index contributed by atoms with van der Waals surface area (Å²) in [5.74, 6) is -0.0975. The van der Waals surface area contributed by atoms with Gasteiger partial charge in [-0.05, 0) is 51.4 Å². The number of aliphatic hydroxyl groups is 1. The molecule has 1 fully saturated rings. The minimum absolute atomic E-state index is 0.0975. The molecule has 1 N–H and O–H groups in total. The molecule has 1 unspecified atom stereocenters. The summed E-state index contributed by atoms with van der Waals surface area (Å²) in [5, 5.41) is 10.4. The van der Waals surface area contributed by atoms with Crippen molar-refractivity contribution in [1.29, 1.82) is 0 Å². The Balaban J connectivity index is 1.98. The maximum Gasteiger partial charge on any atom is 0.310 e. The lowest BCUT2D eigenvalue weighted by atomic mass is 9.82. The summed E-state index contributed by atoms with van der Waals surface area (Å²) in [5.41, 5.74) is -0.360. The zero-order valence-corrected chi connectivity index (χ0v) is 20.6. The van der Waals surface area contributed by atoms with E-state index < -0.39 is 0 Å². The van der Waals surface area contributed by atoms with Gasteiger partial charge in [-0.2, -0.15) is 0 Å². The van der Waals surface area contributed by atoms with Gasteiger partial charge in [-0.3, -0.25) is 4.79 Å². The summed E-state index contributed by atoms with van der Waals surface area (Å²) >= 11 is 0. The van der Waals surface area contributed by atoms with Gasteiger partial charge in [-0.15, -0.1) is 0 Å². The highest BCUT2D eigenvalue weighted by Gasteiger charge is 2.46. The molecular weight excluding hydrogens is 384 g/mol. The second kappa shape index (κ2) is 18.5. The van der Waals surface area contributed by atoms with E-state index in [0.717, 1.165) is 32.1 Å². The Kier molecular flexibility index (Phi) is 16.7. The zero-order valence-electron chi connectivity index (χ0n) is 20.6. The first-order chi connectivity index (χ1) is 15.1. The van der Waals surface area contributed by atoms with Gasteiger partial charge in [0.1, 0.15) is 5.60 Å². The van der Waals surface area contributed by atoms with Crippen molar-refractivity contribution in [3.05, 3.63) is 24.3 Å². The Morgan fingerprint density at radius 1 is 0.839 bits per heavy atom. The molecule has 1 aliphatic rings. The predicted molar refractivity (Wildman–Crippen MR) is 132 cm³/mol. The lowest BCUT2D eigenvalue weighted by molar-refractivity contribution is -0.198. The smallest absolute Gasteiger partial charge is 0.310 e. The Morgan fingerprint density at radius 3 is 2.03 bits per heavy atom. The number of hydrogen-bond donors (Lipinski definition) is 1. The normalized spacial score (nSPS) is 19.8. The minimum Gasteiger partial charge on any atom is -0.458 e. The number of esters is 1. The molecular formula is C28H50O3. The molecule has 0 bridgehead atoms. The highest BCUT2D eigenvalue weighted by Crippen LogP contribution is 2.38. The minimum atomic E-state index is -0.360. The SMILES string of the molecule is CCCCC/C=C\C/C=C\CCCCCCC[C@@H](O)CC1(CCCCCC)CC(=O)O1. The molecule has 0 aromatic rings. The summed E-state index contributed by atoms with van der Waals surface area (Å²) < 4.78 is 5.50. The summed E-state index contributed by atoms with van der Waals surface area (Å²) in [6, 6.07) is 0. The van der Waals surface area contributed by atoms with Crippen molar-refractivity contribution in [2.75, 3.05) is 0 Å². The monoisotopic (exact) mass is 434 g/mol. The Hall–Kier alpha value is -1.09. The fourth-order valence-electron chi connectivity index (χ4n) is 4.45. The maximum atomic E-state index is 11.4. The van der Waals surface area contributed by atoms with Gasteiger partial charge in [0.15, 0.2) is 0 Å². The van der Waals surface area contributed by atoms with Gasteiger partial charge in [0.05, 0.1) is 12.5 Å². The van der Waals surface area contributed by atoms with Crippen LogP contribution in [0.3, 0.4) is 0 Å². The van der Waals surface area contributed by atoms with Crippen molar-refractivity contribution in [1.82, 2.24) is 0 Å². The van der Waals surface area contributed by atoms with Crippen LogP contribution in [0.15, 0.2) is 24.3 Å². The van der Waals surface area contributed by atoms with Crippen molar-refractivity contribution >= 4 is 5.97 Å². The number of aliphatic hydroxyl groups excluding tert-OH is 1. The number of ether oxygens (including phenoxy) is 1. The molecule has 3 heteroatoms. The fourth-order valence-corrected chi connectivity index (χ4v) is 4.45. The quantitative estimate of drug-likeness (QED) is 0.112. The molecule has 1 heterocycles. The van der Waals surface area contributed by atoms with Crippen molar-refractivity contribution in [3.8, 4) is 0 Å². The number of cyclic esters (lactones) is 1. The number of allylic oxidation sites excluding steroid dienone is 4. The van der Waals surface area contributed by atoms with Gasteiger partial charge in [0.25, 0.3) is 0 Å². The summed E-state index contributed by atoms with van der Waals surface area (Å²) in [6.45, 7) is 4.45. The average Bonchev–Trinajstić information content (AvgIpc) is 2.73. The first kappa shape index (κ1) is 27.9. The Labute approximate surface area is 192 Å². The molecule has 0 saturated carbocycles. The molecule has 1 rings (SSSR count). The van der Waals surface area contributed by atoms with E-state index in [9.17, 15) is 9.90 Å². The van der Waals surface area contributed by atoms with Crippen LogP contribution in [-0.2, 0) is 9.53 Å². The number of carbonyl (C=O) groups excluding carboxylic acids is 1. The second-order valence-electron chi connectivity index (χ2n) is 9.52. The fraction of sp³-hybridized carbons (Fsp3) is 0.821. The van der Waals surface area contributed by atoms with Crippen LogP contribution < -0.4 is 0 Å². The van der Waals surface area contributed by atoms with Gasteiger partial charge < -0.3 is 9.84 Å². The van der Waals surface area contributed by atoms with Crippen molar-refractivity contribution in [2.24, 2.45) is 0 Å². The van der Waals surface area contributed by atoms with Crippen LogP contribution in [-0.4, -0.2) is 22.8 Å². The molecule has 0 amide bonds. The highest BCUT2D eigenvalue weighted by atomic mass is 16.6. The Morgan fingerprint density at radius 2 is 1.39 bits per heavy atom. The number of hydrogen-bond acceptors (Lipinski definition) is 3. The van der Waals surface area contributed by atoms with Gasteiger partial charge in [-0.25, -0.2) is 0 Å². The van der Waals surface area contributed by atoms with Crippen LogP contribution in [0.2, 0.25) is 0 Å². The van der Waals surface area contributed by atoms with Crippen LogP contribution in [0.1, 0.15) is 136 Å². The molecule has 0 aromatic carbocycles. The van der Waals surface area contributed by atoms with E-state index in [-0.39, 0.29) is 17.7 Å². The van der Waals surface area contributed by atoms with Crippen molar-refractivity contribution in [2.45, 2.75) is 148 Å². The number of rotatable bonds is 21. The molecule has 0 aliphatic carbocycles. The van der Waals surface area contributed by atoms with Crippen LogP contribution >= 0.6 is 0 Å². The van der Waals surface area contributed by atoms with E-state index in [1.165, 1.54) is 77.0 Å². The highest BCUT2D eigenvalue weighted by molar-refractivity contribution is 5.76. The van der Waals surface area contributed by atoms with E-state index >= 15 is 0 Å². The standard InChI is InChI=1S/C28H50O3/c1-3-5-7-9-10-11-12-13-14-15-16-17-18-19-20-22-26(29)24-28(25-27(30)31-28)23-21-8-6-4-2/h10-11,13-14,26,29H,3-9,12,15-25H2,1-2H3/b11-10-,14-13-/t26-,28?/m1/s1. The molecule has 0 aromatic heterocycles. The zero-order chi connectivity index (χ0) is 22.6. The third kappa shape index (κ3) is 14.6. The lowest BCUT2D eigenvalue weighted by Gasteiger charge is -2.42. The van der Waals surface area contributed by atoms with Crippen LogP contribution in [0, 0.1) is 0 Å². The van der Waals surface area contributed by atoms with Gasteiger partial charge >= 0.3 is 5.97 Å². The largest absolute Gasteiger partial charge is 0.458 e. The van der Waals surface area contributed by atoms with E-state index in [1.807, 2.05) is 0 Å². The Bertz CT molecular complexity index is 486. The molecule has 1 aliphatic heterocycles. The van der Waals surface area contributed by atoms with E-state index in [4.69, 9.17) is 4.74 Å². The van der Waals surface area contributed by atoms with Gasteiger partial charge in [-0.1, -0.05) is 95.9 Å². The van der Waals surface area contributed by atoms with E-state index in [1.54, 1.807) is 0 Å². The number of unbranched alkanes of at least 4 members (excludes halogenated alkanes) is 11. The average molecular weight is 435 g/mol. The number of carbonyl (C=O) groups is 1. The maximum absolute atomic E-state index is 11.4. The van der Waals surface area contributed by atoms with Crippen LogP contribution in [0.5, 0.6) is 0 Å². The molecule has 31 heavy (non-hydrogen) atoms. The van der Waals surface area contributed by atoms with Gasteiger partial charge in [0, 0.05) is 6.42 Å². The van der Waals surface area contributed by atoms with E-state index in [0.29, 0.717) is 12.8 Å².